The molecule has 2 aromatic rings. The zero-order valence-electron chi connectivity index (χ0n) is 18.4. The Morgan fingerprint density at radius 2 is 2.36 bits per heavy atom. The van der Waals surface area contributed by atoms with E-state index in [2.05, 4.69) is 26.4 Å². The predicted octanol–water partition coefficient (Wildman–Crippen LogP) is 1.57. The first-order chi connectivity index (χ1) is 17.4. The van der Waals surface area contributed by atoms with Crippen molar-refractivity contribution in [2.45, 2.75) is 10.9 Å². The van der Waals surface area contributed by atoms with Crippen LogP contribution in [0.15, 0.2) is 51.6 Å². The lowest BCUT2D eigenvalue weighted by atomic mass is 9.87. The molecule has 0 spiro atoms. The number of anilines is 1. The fourth-order valence-corrected chi connectivity index (χ4v) is 6.14. The number of pyridine rings is 1. The number of β-lactam (4-membered cyclic amide) rings is 1. The summed E-state index contributed by atoms with van der Waals surface area (Å²) in [6.45, 7) is -0.230. The van der Waals surface area contributed by atoms with Crippen molar-refractivity contribution in [3.05, 3.63) is 57.7 Å². The Morgan fingerprint density at radius 1 is 1.53 bits per heavy atom. The van der Waals surface area contributed by atoms with Crippen LogP contribution in [0, 0.1) is 12.3 Å². The number of carboxylic acids is 1. The minimum atomic E-state index is -2.19. The van der Waals surface area contributed by atoms with Gasteiger partial charge in [-0.3, -0.25) is 19.5 Å². The summed E-state index contributed by atoms with van der Waals surface area (Å²) in [4.78, 5) is 53.5. The van der Waals surface area contributed by atoms with E-state index in [1.807, 2.05) is 23.6 Å². The van der Waals surface area contributed by atoms with Gasteiger partial charge in [0.1, 0.15) is 11.1 Å². The highest BCUT2D eigenvalue weighted by atomic mass is 32.2. The number of nitrogen functional groups attached to an aromatic ring is 1. The standard InChI is InChI=1S/C22H18N6O5S3/c1-2-7-33-27-16(15-12-36-21(23)25-15)17(29)26-22(20(31)32)18(30)28-10-14(11-35-19(22)28)34-8-5-13-4-3-6-24-9-13/h1,3-6,8-10,12,19H,7,11H2,(H2,23,25)(H,26,29)(H,31,32)/t19-,22?/m0/s1. The number of rotatable bonds is 9. The second-order valence-electron chi connectivity index (χ2n) is 7.23. The summed E-state index contributed by atoms with van der Waals surface area (Å²) in [5, 5.41) is 18.7. The van der Waals surface area contributed by atoms with E-state index >= 15 is 0 Å². The first-order valence-corrected chi connectivity index (χ1v) is 13.0. The second-order valence-corrected chi connectivity index (χ2v) is 10.2. The largest absolute Gasteiger partial charge is 0.479 e. The van der Waals surface area contributed by atoms with Crippen molar-refractivity contribution in [3.8, 4) is 12.3 Å². The van der Waals surface area contributed by atoms with Gasteiger partial charge in [0.05, 0.1) is 0 Å². The molecule has 11 nitrogen and oxygen atoms in total. The van der Waals surface area contributed by atoms with E-state index in [1.54, 1.807) is 18.6 Å². The lowest BCUT2D eigenvalue weighted by Crippen LogP contribution is -2.82. The molecule has 184 valence electrons. The number of nitrogens with one attached hydrogen (secondary N) is 1. The summed E-state index contributed by atoms with van der Waals surface area (Å²) in [6.07, 6.45) is 12.0. The van der Waals surface area contributed by atoms with Crippen LogP contribution in [-0.4, -0.2) is 66.7 Å². The molecule has 1 fully saturated rings. The SMILES string of the molecule is C#CCON=C(C(=O)NC1(C(=O)O)C(=O)N2C=C(SC=Cc3cccnc3)CS[C@H]21)c1csc(N)n1. The highest BCUT2D eigenvalue weighted by molar-refractivity contribution is 8.08. The van der Waals surface area contributed by atoms with Gasteiger partial charge in [-0.25, -0.2) is 9.78 Å². The average Bonchev–Trinajstić information content (AvgIpc) is 3.31. The number of carbonyl (C=O) groups is 3. The van der Waals surface area contributed by atoms with Gasteiger partial charge < -0.3 is 21.0 Å². The molecule has 2 aromatic heterocycles. The number of fused-ring (bicyclic) bond motifs is 1. The maximum atomic E-state index is 13.1. The van der Waals surface area contributed by atoms with Gasteiger partial charge in [-0.1, -0.05) is 17.1 Å². The minimum Gasteiger partial charge on any atom is -0.479 e. The number of nitrogens with zero attached hydrogens (tertiary/aromatic N) is 4. The van der Waals surface area contributed by atoms with E-state index < -0.39 is 28.7 Å². The van der Waals surface area contributed by atoms with Crippen LogP contribution >= 0.6 is 34.9 Å². The van der Waals surface area contributed by atoms with Crippen molar-refractivity contribution in [3.63, 3.8) is 0 Å². The van der Waals surface area contributed by atoms with Crippen molar-refractivity contribution in [2.24, 2.45) is 5.16 Å². The molecule has 4 rings (SSSR count). The molecule has 0 aromatic carbocycles. The Morgan fingerprint density at radius 3 is 3.03 bits per heavy atom. The molecule has 2 aliphatic rings. The number of nitrogens with two attached hydrogens (primary N) is 1. The lowest BCUT2D eigenvalue weighted by Gasteiger charge is -2.53. The Labute approximate surface area is 217 Å². The fraction of sp³-hybridized carbons (Fsp3) is 0.182. The average molecular weight is 543 g/mol. The molecule has 2 atom stereocenters. The smallest absolute Gasteiger partial charge is 0.342 e. The Kier molecular flexibility index (Phi) is 7.63. The van der Waals surface area contributed by atoms with Crippen molar-refractivity contribution in [2.75, 3.05) is 18.1 Å². The van der Waals surface area contributed by atoms with Crippen LogP contribution in [0.2, 0.25) is 0 Å². The number of thiazole rings is 1. The number of amides is 2. The quantitative estimate of drug-likeness (QED) is 0.106. The zero-order chi connectivity index (χ0) is 25.7. The Hall–Kier alpha value is -3.80. The van der Waals surface area contributed by atoms with Gasteiger partial charge in [0.25, 0.3) is 11.8 Å². The molecule has 0 saturated carbocycles. The number of thioether (sulfide) groups is 2. The highest BCUT2D eigenvalue weighted by Crippen LogP contribution is 2.45. The van der Waals surface area contributed by atoms with Gasteiger partial charge >= 0.3 is 5.97 Å². The molecular weight excluding hydrogens is 524 g/mol. The van der Waals surface area contributed by atoms with Gasteiger partial charge in [0, 0.05) is 34.6 Å². The van der Waals surface area contributed by atoms with E-state index in [0.717, 1.165) is 21.8 Å². The van der Waals surface area contributed by atoms with Crippen LogP contribution in [0.5, 0.6) is 0 Å². The minimum absolute atomic E-state index is 0.0615. The molecule has 4 heterocycles. The van der Waals surface area contributed by atoms with Gasteiger partial charge in [0.15, 0.2) is 17.5 Å². The monoisotopic (exact) mass is 542 g/mol. The molecule has 0 aliphatic carbocycles. The lowest BCUT2D eigenvalue weighted by molar-refractivity contribution is -0.169. The van der Waals surface area contributed by atoms with Crippen molar-refractivity contribution in [1.29, 1.82) is 0 Å². The summed E-state index contributed by atoms with van der Waals surface area (Å²) in [5.41, 5.74) is 4.10. The topological polar surface area (TPSA) is 160 Å². The third kappa shape index (κ3) is 4.94. The molecule has 1 unspecified atom stereocenters. The summed E-state index contributed by atoms with van der Waals surface area (Å²) in [6, 6.07) is 3.73. The molecule has 14 heteroatoms. The van der Waals surface area contributed by atoms with Gasteiger partial charge in [0.2, 0.25) is 5.54 Å². The summed E-state index contributed by atoms with van der Waals surface area (Å²) in [7, 11) is 0. The van der Waals surface area contributed by atoms with Gasteiger partial charge in [-0.05, 0) is 23.1 Å². The molecule has 36 heavy (non-hydrogen) atoms. The number of terminal acetylenes is 1. The molecule has 4 N–H and O–H groups in total. The summed E-state index contributed by atoms with van der Waals surface area (Å²) < 4.78 is 0. The predicted molar refractivity (Wildman–Crippen MR) is 138 cm³/mol. The second kappa shape index (κ2) is 10.9. The highest BCUT2D eigenvalue weighted by Gasteiger charge is 2.68. The number of carboxylic acid groups (broad SMARTS) is 1. The fourth-order valence-electron chi connectivity index (χ4n) is 3.32. The van der Waals surface area contributed by atoms with Crippen LogP contribution in [0.1, 0.15) is 11.3 Å². The van der Waals surface area contributed by atoms with Crippen LogP contribution in [0.4, 0.5) is 5.13 Å². The molecule has 0 bridgehead atoms. The van der Waals surface area contributed by atoms with E-state index in [9.17, 15) is 19.5 Å². The van der Waals surface area contributed by atoms with Crippen LogP contribution < -0.4 is 11.1 Å². The third-order valence-electron chi connectivity index (χ3n) is 4.96. The molecule has 1 saturated heterocycles. The number of carbonyl (C=O) groups excluding carboxylic acids is 2. The normalized spacial score (nSPS) is 21.2. The first-order valence-electron chi connectivity index (χ1n) is 10.2. The van der Waals surface area contributed by atoms with Gasteiger partial charge in [-0.2, -0.15) is 0 Å². The molecule has 0 radical (unpaired) electrons. The number of hydrogen-bond donors (Lipinski definition) is 3. The molecule has 2 aliphatic heterocycles. The maximum absolute atomic E-state index is 13.1. The van der Waals surface area contributed by atoms with Crippen molar-refractivity contribution < 1.29 is 24.3 Å². The van der Waals surface area contributed by atoms with E-state index in [0.29, 0.717) is 5.75 Å². The first kappa shape index (κ1) is 25.3. The number of oxime groups is 1. The summed E-state index contributed by atoms with van der Waals surface area (Å²) >= 11 is 3.68. The summed E-state index contributed by atoms with van der Waals surface area (Å²) in [5.74, 6) is -0.589. The number of hydrogen-bond acceptors (Lipinski definition) is 11. The Bertz CT molecular complexity index is 1320. The van der Waals surface area contributed by atoms with Crippen LogP contribution in [-0.2, 0) is 19.2 Å². The number of aromatic nitrogens is 2. The number of aliphatic carboxylic acids is 1. The zero-order valence-corrected chi connectivity index (χ0v) is 20.8. The van der Waals surface area contributed by atoms with Crippen LogP contribution in [0.3, 0.4) is 0 Å². The van der Waals surface area contributed by atoms with Crippen molar-refractivity contribution >= 4 is 69.6 Å². The van der Waals surface area contributed by atoms with E-state index in [-0.39, 0.29) is 23.1 Å². The molecular formula is C22H18N6O5S3. The Balaban J connectivity index is 1.51. The maximum Gasteiger partial charge on any atom is 0.342 e. The van der Waals surface area contributed by atoms with Crippen LogP contribution in [0.25, 0.3) is 6.08 Å². The van der Waals surface area contributed by atoms with E-state index in [1.165, 1.54) is 33.8 Å². The molecule has 2 amide bonds. The van der Waals surface area contributed by atoms with Crippen molar-refractivity contribution in [1.82, 2.24) is 20.2 Å². The van der Waals surface area contributed by atoms with E-state index in [4.69, 9.17) is 17.0 Å². The third-order valence-corrected chi connectivity index (χ3v) is 8.01. The van der Waals surface area contributed by atoms with Gasteiger partial charge in [-0.15, -0.1) is 41.3 Å².